The lowest BCUT2D eigenvalue weighted by atomic mass is 9.87. The van der Waals surface area contributed by atoms with Gasteiger partial charge in [-0.1, -0.05) is 24.3 Å². The van der Waals surface area contributed by atoms with Crippen molar-refractivity contribution >= 4 is 6.08 Å². The van der Waals surface area contributed by atoms with Crippen molar-refractivity contribution < 1.29 is 74.7 Å². The van der Waals surface area contributed by atoms with Gasteiger partial charge in [0.15, 0.2) is 17.2 Å². The summed E-state index contributed by atoms with van der Waals surface area (Å²) in [6, 6.07) is 9.08. The molecule has 0 amide bonds. The van der Waals surface area contributed by atoms with Crippen LogP contribution < -0.4 is 4.89 Å². The maximum Gasteiger partial charge on any atom is 0.206 e. The molecule has 47 heavy (non-hydrogen) atoms. The van der Waals surface area contributed by atoms with Crippen LogP contribution in [0.3, 0.4) is 0 Å². The summed E-state index contributed by atoms with van der Waals surface area (Å²) in [4.78, 5) is 10.2. The number of phenolic OH excluding ortho intramolecular Hbond substituents is 3. The van der Waals surface area contributed by atoms with Crippen molar-refractivity contribution in [1.29, 1.82) is 0 Å². The third kappa shape index (κ3) is 9.74. The first-order chi connectivity index (χ1) is 22.5. The summed E-state index contributed by atoms with van der Waals surface area (Å²) in [5.41, 5.74) is 1.37. The molecule has 9 N–H and O–H groups in total. The molecule has 10 atom stereocenters. The van der Waals surface area contributed by atoms with E-state index in [1.165, 1.54) is 24.3 Å². The highest BCUT2D eigenvalue weighted by molar-refractivity contribution is 5.55. The lowest BCUT2D eigenvalue weighted by Gasteiger charge is -2.43. The molecule has 262 valence electrons. The Morgan fingerprint density at radius 3 is 2.17 bits per heavy atom. The molecule has 15 heteroatoms. The fourth-order valence-corrected chi connectivity index (χ4v) is 5.36. The van der Waals surface area contributed by atoms with Gasteiger partial charge in [0.2, 0.25) is 5.75 Å². The van der Waals surface area contributed by atoms with Crippen molar-refractivity contribution in [3.63, 3.8) is 0 Å². The van der Waals surface area contributed by atoms with Gasteiger partial charge in [0.25, 0.3) is 0 Å². The normalized spacial score (nSPS) is 31.3. The number of hydrogen-bond donors (Lipinski definition) is 9. The fraction of sp³-hybridized carbons (Fsp3) is 0.562. The minimum atomic E-state index is -1.41. The summed E-state index contributed by atoms with van der Waals surface area (Å²) in [5.74, 6) is -1.39. The van der Waals surface area contributed by atoms with Gasteiger partial charge in [-0.05, 0) is 48.7 Å². The number of aliphatic hydroxyl groups excluding tert-OH is 6. The zero-order chi connectivity index (χ0) is 34.1. The Hall–Kier alpha value is -3.06. The second-order valence-electron chi connectivity index (χ2n) is 11.6. The molecule has 4 rings (SSSR count). The van der Waals surface area contributed by atoms with Crippen LogP contribution in [0.1, 0.15) is 18.1 Å². The van der Waals surface area contributed by atoms with Gasteiger partial charge in [0.05, 0.1) is 51.3 Å². The van der Waals surface area contributed by atoms with Crippen molar-refractivity contribution in [1.82, 2.24) is 0 Å². The quantitative estimate of drug-likeness (QED) is 0.0497. The Bertz CT molecular complexity index is 1290. The first kappa shape index (κ1) is 36.8. The van der Waals surface area contributed by atoms with Crippen LogP contribution in [-0.4, -0.2) is 141 Å². The zero-order valence-electron chi connectivity index (χ0n) is 25.8. The number of hydrogen-bond acceptors (Lipinski definition) is 15. The number of phenols is 3. The molecule has 2 aliphatic heterocycles. The van der Waals surface area contributed by atoms with Gasteiger partial charge in [-0.25, -0.2) is 0 Å². The molecule has 2 fully saturated rings. The van der Waals surface area contributed by atoms with Crippen LogP contribution in [0, 0.1) is 5.92 Å². The molecule has 0 saturated carbocycles. The van der Waals surface area contributed by atoms with E-state index in [2.05, 4.69) is 0 Å². The second-order valence-corrected chi connectivity index (χ2v) is 11.6. The van der Waals surface area contributed by atoms with E-state index in [0.29, 0.717) is 12.0 Å². The number of aliphatic hydroxyl groups is 6. The predicted octanol–water partition coefficient (Wildman–Crippen LogP) is -0.629. The third-order valence-electron chi connectivity index (χ3n) is 8.18. The van der Waals surface area contributed by atoms with Crippen molar-refractivity contribution in [2.24, 2.45) is 5.92 Å². The molecule has 2 aromatic rings. The number of rotatable bonds is 15. The van der Waals surface area contributed by atoms with Crippen LogP contribution >= 0.6 is 0 Å². The molecule has 2 aromatic carbocycles. The average Bonchev–Trinajstić information content (AvgIpc) is 3.05. The lowest BCUT2D eigenvalue weighted by molar-refractivity contribution is -0.242. The highest BCUT2D eigenvalue weighted by Gasteiger charge is 2.45. The molecule has 2 aliphatic rings. The van der Waals surface area contributed by atoms with E-state index < -0.39 is 67.5 Å². The van der Waals surface area contributed by atoms with E-state index in [1.807, 2.05) is 0 Å². The van der Waals surface area contributed by atoms with E-state index >= 15 is 0 Å². The molecule has 10 unspecified atom stereocenters. The summed E-state index contributed by atoms with van der Waals surface area (Å²) >= 11 is 0. The fourth-order valence-electron chi connectivity index (χ4n) is 5.36. The van der Waals surface area contributed by atoms with Crippen molar-refractivity contribution in [3.8, 4) is 23.0 Å². The van der Waals surface area contributed by atoms with Crippen LogP contribution in [0.5, 0.6) is 23.0 Å². The average molecular weight is 669 g/mol. The lowest BCUT2D eigenvalue weighted by Crippen LogP contribution is -2.59. The first-order valence-electron chi connectivity index (χ1n) is 15.3. The predicted molar refractivity (Wildman–Crippen MR) is 162 cm³/mol. The Labute approximate surface area is 271 Å². The topological polar surface area (TPSA) is 237 Å². The van der Waals surface area contributed by atoms with E-state index in [1.54, 1.807) is 31.2 Å². The van der Waals surface area contributed by atoms with Crippen LogP contribution in [0.2, 0.25) is 0 Å². The Morgan fingerprint density at radius 1 is 0.723 bits per heavy atom. The third-order valence-corrected chi connectivity index (χ3v) is 8.18. The molecule has 0 radical (unpaired) electrons. The summed E-state index contributed by atoms with van der Waals surface area (Å²) in [7, 11) is 0. The molecular weight excluding hydrogens is 624 g/mol. The summed E-state index contributed by atoms with van der Waals surface area (Å²) in [5, 5.41) is 90.6. The molecule has 0 spiro atoms. The molecular formula is C32H44O15. The summed E-state index contributed by atoms with van der Waals surface area (Å²) in [6.07, 6.45) is -6.43. The van der Waals surface area contributed by atoms with Gasteiger partial charge in [-0.15, -0.1) is 0 Å². The van der Waals surface area contributed by atoms with Crippen molar-refractivity contribution in [2.45, 2.75) is 68.3 Å². The molecule has 2 saturated heterocycles. The molecule has 2 heterocycles. The largest absolute Gasteiger partial charge is 0.504 e. The van der Waals surface area contributed by atoms with Gasteiger partial charge in [-0.3, -0.25) is 0 Å². The number of benzene rings is 2. The minimum absolute atomic E-state index is 0.0411. The van der Waals surface area contributed by atoms with E-state index in [0.717, 1.165) is 5.56 Å². The Kier molecular flexibility index (Phi) is 13.6. The summed E-state index contributed by atoms with van der Waals surface area (Å²) < 4.78 is 22.5. The molecule has 0 aromatic heterocycles. The maximum absolute atomic E-state index is 10.9. The van der Waals surface area contributed by atoms with E-state index in [9.17, 15) is 46.0 Å². The second kappa shape index (κ2) is 17.4. The van der Waals surface area contributed by atoms with Gasteiger partial charge in [-0.2, -0.15) is 4.89 Å². The van der Waals surface area contributed by atoms with Gasteiger partial charge in [0.1, 0.15) is 43.2 Å². The number of ether oxygens (including phenoxy) is 4. The highest BCUT2D eigenvalue weighted by Crippen LogP contribution is 2.30. The Morgan fingerprint density at radius 2 is 1.45 bits per heavy atom. The van der Waals surface area contributed by atoms with E-state index in [4.69, 9.17) is 28.7 Å². The van der Waals surface area contributed by atoms with Crippen LogP contribution in [0.25, 0.3) is 6.08 Å². The van der Waals surface area contributed by atoms with Crippen molar-refractivity contribution in [2.75, 3.05) is 39.6 Å². The van der Waals surface area contributed by atoms with Crippen molar-refractivity contribution in [3.05, 3.63) is 53.6 Å². The van der Waals surface area contributed by atoms with Crippen LogP contribution in [0.4, 0.5) is 0 Å². The van der Waals surface area contributed by atoms with Gasteiger partial charge in [0, 0.05) is 5.92 Å². The maximum atomic E-state index is 10.9. The zero-order valence-corrected chi connectivity index (χ0v) is 25.8. The molecule has 0 bridgehead atoms. The SMILES string of the molecule is CC1OC(COCC2C(O)C(CO)OC(COCCc3ccc(OOCC=Cc4ccc(O)c(O)c4)c(O)c3)C2O)C(O)C(O)C1O. The molecule has 15 nitrogen and oxygen atoms in total. The Balaban J connectivity index is 1.19. The first-order valence-corrected chi connectivity index (χ1v) is 15.3. The van der Waals surface area contributed by atoms with Crippen LogP contribution in [0.15, 0.2) is 42.5 Å². The smallest absolute Gasteiger partial charge is 0.206 e. The van der Waals surface area contributed by atoms with Crippen LogP contribution in [-0.2, 0) is 30.3 Å². The summed E-state index contributed by atoms with van der Waals surface area (Å²) in [6.45, 7) is 0.860. The van der Waals surface area contributed by atoms with Gasteiger partial charge >= 0.3 is 0 Å². The van der Waals surface area contributed by atoms with Gasteiger partial charge < -0.3 is 69.8 Å². The monoisotopic (exact) mass is 668 g/mol. The minimum Gasteiger partial charge on any atom is -0.504 e. The molecule has 0 aliphatic carbocycles. The van der Waals surface area contributed by atoms with E-state index in [-0.39, 0.29) is 56.0 Å². The number of aromatic hydroxyl groups is 3. The highest BCUT2D eigenvalue weighted by atomic mass is 17.2. The standard InChI is InChI=1S/C32H44O15/c1-17-28(37)32(41)31(40)27(45-17)16-43-14-20-29(38)25(13-33)46-26(30(20)39)15-42-10-8-19-5-7-24(23(36)12-19)47-44-9-2-3-18-4-6-21(34)22(35)11-18/h2-7,11-12,17,20,25-41H,8-10,13-16H2,1H3.